The van der Waals surface area contributed by atoms with Gasteiger partial charge >= 0.3 is 12.1 Å². The Labute approximate surface area is 96.3 Å². The summed E-state index contributed by atoms with van der Waals surface area (Å²) in [4.78, 5) is 13.6. The van der Waals surface area contributed by atoms with E-state index < -0.39 is 41.0 Å². The minimum atomic E-state index is -5.24. The molecule has 0 amide bonds. The molecule has 18 heavy (non-hydrogen) atoms. The SMILES string of the molecule is N#Cc1cnc(C(F)F)c(C(=O)O)c1C(F)(F)F. The van der Waals surface area contributed by atoms with Gasteiger partial charge in [0, 0.05) is 6.20 Å². The highest BCUT2D eigenvalue weighted by molar-refractivity contribution is 5.91. The molecule has 96 valence electrons. The third-order valence-electron chi connectivity index (χ3n) is 1.93. The molecule has 0 unspecified atom stereocenters. The molecular weight excluding hydrogens is 263 g/mol. The van der Waals surface area contributed by atoms with Crippen molar-refractivity contribution in [1.29, 1.82) is 5.26 Å². The number of alkyl halides is 5. The lowest BCUT2D eigenvalue weighted by atomic mass is 10.0. The molecule has 1 aromatic heterocycles. The van der Waals surface area contributed by atoms with E-state index in [2.05, 4.69) is 4.98 Å². The van der Waals surface area contributed by atoms with E-state index >= 15 is 0 Å². The van der Waals surface area contributed by atoms with Crippen LogP contribution in [0, 0.1) is 11.3 Å². The quantitative estimate of drug-likeness (QED) is 0.835. The van der Waals surface area contributed by atoms with E-state index in [0.29, 0.717) is 0 Å². The van der Waals surface area contributed by atoms with E-state index in [4.69, 9.17) is 10.4 Å². The maximum Gasteiger partial charge on any atom is 0.418 e. The van der Waals surface area contributed by atoms with Gasteiger partial charge in [-0.1, -0.05) is 0 Å². The first kappa shape index (κ1) is 13.8. The van der Waals surface area contributed by atoms with Gasteiger partial charge in [-0.2, -0.15) is 18.4 Å². The molecule has 1 heterocycles. The molecule has 4 nitrogen and oxygen atoms in total. The van der Waals surface area contributed by atoms with Crippen LogP contribution in [0.15, 0.2) is 6.20 Å². The summed E-state index contributed by atoms with van der Waals surface area (Å²) in [6, 6.07) is 1.07. The lowest BCUT2D eigenvalue weighted by molar-refractivity contribution is -0.138. The number of hydrogen-bond donors (Lipinski definition) is 1. The molecule has 1 aromatic rings. The molecule has 1 rings (SSSR count). The van der Waals surface area contributed by atoms with Crippen molar-refractivity contribution in [1.82, 2.24) is 4.98 Å². The first-order chi connectivity index (χ1) is 8.20. The number of halogens is 5. The fourth-order valence-corrected chi connectivity index (χ4v) is 1.29. The summed E-state index contributed by atoms with van der Waals surface area (Å²) >= 11 is 0. The molecule has 0 aromatic carbocycles. The van der Waals surface area contributed by atoms with Crippen molar-refractivity contribution in [3.8, 4) is 6.07 Å². The highest BCUT2D eigenvalue weighted by Crippen LogP contribution is 2.37. The van der Waals surface area contributed by atoms with Crippen LogP contribution in [0.25, 0.3) is 0 Å². The molecule has 0 saturated heterocycles. The van der Waals surface area contributed by atoms with Gasteiger partial charge in [-0.15, -0.1) is 0 Å². The average Bonchev–Trinajstić information content (AvgIpc) is 2.25. The molecule has 0 spiro atoms. The molecule has 0 aliphatic carbocycles. The molecule has 0 radical (unpaired) electrons. The zero-order chi connectivity index (χ0) is 14.1. The second-order valence-electron chi connectivity index (χ2n) is 3.02. The number of nitrogens with zero attached hydrogens (tertiary/aromatic N) is 2. The number of carboxylic acid groups (broad SMARTS) is 1. The number of rotatable bonds is 2. The van der Waals surface area contributed by atoms with Crippen molar-refractivity contribution >= 4 is 5.97 Å². The normalized spacial score (nSPS) is 11.4. The number of aromatic nitrogens is 1. The fourth-order valence-electron chi connectivity index (χ4n) is 1.29. The Hall–Kier alpha value is -2.24. The largest absolute Gasteiger partial charge is 0.478 e. The Morgan fingerprint density at radius 1 is 1.44 bits per heavy atom. The van der Waals surface area contributed by atoms with E-state index in [1.165, 1.54) is 0 Å². The van der Waals surface area contributed by atoms with Crippen molar-refractivity contribution < 1.29 is 31.9 Å². The summed E-state index contributed by atoms with van der Waals surface area (Å²) in [7, 11) is 0. The van der Waals surface area contributed by atoms with Gasteiger partial charge < -0.3 is 5.11 Å². The summed E-state index contributed by atoms with van der Waals surface area (Å²) < 4.78 is 62.7. The number of pyridine rings is 1. The van der Waals surface area contributed by atoms with Gasteiger partial charge in [0.15, 0.2) is 0 Å². The van der Waals surface area contributed by atoms with Crippen molar-refractivity contribution in [3.05, 3.63) is 28.6 Å². The number of aromatic carboxylic acids is 1. The van der Waals surface area contributed by atoms with E-state index in [1.807, 2.05) is 0 Å². The molecule has 0 atom stereocenters. The molecule has 0 saturated carbocycles. The molecular formula is C9H3F5N2O2. The van der Waals surface area contributed by atoms with E-state index in [9.17, 15) is 26.7 Å². The van der Waals surface area contributed by atoms with Gasteiger partial charge in [0.25, 0.3) is 6.43 Å². The lowest BCUT2D eigenvalue weighted by Gasteiger charge is -2.14. The smallest absolute Gasteiger partial charge is 0.418 e. The van der Waals surface area contributed by atoms with Crippen LogP contribution in [0.3, 0.4) is 0 Å². The number of nitriles is 1. The van der Waals surface area contributed by atoms with Gasteiger partial charge in [-0.3, -0.25) is 4.98 Å². The van der Waals surface area contributed by atoms with Crippen LogP contribution in [-0.4, -0.2) is 16.1 Å². The van der Waals surface area contributed by atoms with Gasteiger partial charge in [0.05, 0.1) is 11.1 Å². The second-order valence-corrected chi connectivity index (χ2v) is 3.02. The lowest BCUT2D eigenvalue weighted by Crippen LogP contribution is -2.19. The zero-order valence-corrected chi connectivity index (χ0v) is 8.29. The molecule has 0 aliphatic rings. The summed E-state index contributed by atoms with van der Waals surface area (Å²) in [6.07, 6.45) is -8.47. The fraction of sp³-hybridized carbons (Fsp3) is 0.222. The number of hydrogen-bond acceptors (Lipinski definition) is 3. The third-order valence-corrected chi connectivity index (χ3v) is 1.93. The van der Waals surface area contributed by atoms with Crippen molar-refractivity contribution in [2.24, 2.45) is 0 Å². The Morgan fingerprint density at radius 3 is 2.33 bits per heavy atom. The maximum atomic E-state index is 12.6. The van der Waals surface area contributed by atoms with Crippen LogP contribution in [-0.2, 0) is 6.18 Å². The predicted molar refractivity (Wildman–Crippen MR) is 45.9 cm³/mol. The van der Waals surface area contributed by atoms with Gasteiger partial charge in [0.2, 0.25) is 0 Å². The van der Waals surface area contributed by atoms with Crippen LogP contribution < -0.4 is 0 Å². The Balaban J connectivity index is 3.78. The molecule has 9 heteroatoms. The summed E-state index contributed by atoms with van der Waals surface area (Å²) in [5, 5.41) is 17.0. The Bertz CT molecular complexity index is 533. The van der Waals surface area contributed by atoms with Gasteiger partial charge in [-0.05, 0) is 0 Å². The van der Waals surface area contributed by atoms with Gasteiger partial charge in [-0.25, -0.2) is 13.6 Å². The standard InChI is InChI=1S/C9H3F5N2O2/c10-7(11)6-4(8(17)18)5(9(12,13)14)3(1-15)2-16-6/h2,7H,(H,17,18). The Morgan fingerprint density at radius 2 is 2.00 bits per heavy atom. The van der Waals surface area contributed by atoms with Crippen molar-refractivity contribution in [2.75, 3.05) is 0 Å². The van der Waals surface area contributed by atoms with Crippen LogP contribution in [0.5, 0.6) is 0 Å². The molecule has 0 fully saturated rings. The third kappa shape index (κ3) is 2.37. The average molecular weight is 266 g/mol. The highest BCUT2D eigenvalue weighted by atomic mass is 19.4. The first-order valence-electron chi connectivity index (χ1n) is 4.21. The zero-order valence-electron chi connectivity index (χ0n) is 8.29. The van der Waals surface area contributed by atoms with Crippen molar-refractivity contribution in [3.63, 3.8) is 0 Å². The maximum absolute atomic E-state index is 12.6. The predicted octanol–water partition coefficient (Wildman–Crippen LogP) is 2.61. The molecule has 0 bridgehead atoms. The molecule has 0 aliphatic heterocycles. The highest BCUT2D eigenvalue weighted by Gasteiger charge is 2.41. The van der Waals surface area contributed by atoms with Crippen molar-refractivity contribution in [2.45, 2.75) is 12.6 Å². The van der Waals surface area contributed by atoms with E-state index in [0.717, 1.165) is 6.07 Å². The summed E-state index contributed by atoms with van der Waals surface area (Å²) in [5.41, 5.74) is -6.25. The molecule has 1 N–H and O–H groups in total. The van der Waals surface area contributed by atoms with Crippen LogP contribution in [0.2, 0.25) is 0 Å². The van der Waals surface area contributed by atoms with E-state index in [1.54, 1.807) is 0 Å². The number of carboxylic acids is 1. The van der Waals surface area contributed by atoms with Gasteiger partial charge in [0.1, 0.15) is 17.3 Å². The second kappa shape index (κ2) is 4.56. The Kier molecular flexibility index (Phi) is 3.50. The minimum Gasteiger partial charge on any atom is -0.478 e. The van der Waals surface area contributed by atoms with Crippen LogP contribution >= 0.6 is 0 Å². The van der Waals surface area contributed by atoms with Crippen LogP contribution in [0.1, 0.15) is 33.6 Å². The summed E-state index contributed by atoms with van der Waals surface area (Å²) in [6.45, 7) is 0. The first-order valence-corrected chi connectivity index (χ1v) is 4.21. The monoisotopic (exact) mass is 266 g/mol. The summed E-state index contributed by atoms with van der Waals surface area (Å²) in [5.74, 6) is -2.22. The van der Waals surface area contributed by atoms with E-state index in [-0.39, 0.29) is 6.20 Å². The topological polar surface area (TPSA) is 74.0 Å². The van der Waals surface area contributed by atoms with Crippen LogP contribution in [0.4, 0.5) is 22.0 Å². The minimum absolute atomic E-state index is 0.275. The number of carbonyl (C=O) groups is 1.